The number of nitrogens with two attached hydrogens (primary N) is 1. The number of hydrogen-bond acceptors (Lipinski definition) is 5. The van der Waals surface area contributed by atoms with E-state index in [1.54, 1.807) is 12.1 Å². The number of benzene rings is 1. The average Bonchev–Trinajstić information content (AvgIpc) is 2.61. The topological polar surface area (TPSA) is 93.9 Å². The van der Waals surface area contributed by atoms with Crippen LogP contribution in [0.4, 0.5) is 5.69 Å². The molecule has 0 spiro atoms. The number of amides is 2. The zero-order valence-corrected chi connectivity index (χ0v) is 16.0. The molecule has 2 atom stereocenters. The van der Waals surface area contributed by atoms with Crippen LogP contribution in [0.3, 0.4) is 0 Å². The van der Waals surface area contributed by atoms with Crippen LogP contribution < -0.4 is 20.5 Å². The number of nitrogens with one attached hydrogen (secondary N) is 1. The predicted octanol–water partition coefficient (Wildman–Crippen LogP) is 2.39. The zero-order valence-electron chi connectivity index (χ0n) is 16.0. The van der Waals surface area contributed by atoms with E-state index in [2.05, 4.69) is 19.2 Å². The first-order valence-corrected chi connectivity index (χ1v) is 9.01. The number of hydrogen-bond donors (Lipinski definition) is 2. The summed E-state index contributed by atoms with van der Waals surface area (Å²) in [5.74, 6) is 0.541. The van der Waals surface area contributed by atoms with Crippen LogP contribution in [0, 0.1) is 0 Å². The maximum absolute atomic E-state index is 13.3. The lowest BCUT2D eigenvalue weighted by atomic mass is 9.96. The Hall–Kier alpha value is -2.28. The first-order chi connectivity index (χ1) is 12.4. The van der Waals surface area contributed by atoms with Gasteiger partial charge in [0, 0.05) is 31.1 Å². The number of methoxy groups -OCH3 is 2. The summed E-state index contributed by atoms with van der Waals surface area (Å²) in [5.41, 5.74) is 6.27. The summed E-state index contributed by atoms with van der Waals surface area (Å²) in [6, 6.07) is 3.55. The standard InChI is InChI=1S/C19H29N3O4/c1-12-6-5-7-13(2)22(12)19(24)14-10-16(25-3)17(26-4)11-15(14)21-18(23)8-9-20/h10-13H,5-9,20H2,1-4H3,(H,21,23). The Morgan fingerprint density at radius 1 is 1.15 bits per heavy atom. The van der Waals surface area contributed by atoms with Crippen molar-refractivity contribution in [3.8, 4) is 11.5 Å². The molecule has 1 aromatic rings. The molecule has 26 heavy (non-hydrogen) atoms. The van der Waals surface area contributed by atoms with Crippen molar-refractivity contribution in [3.63, 3.8) is 0 Å². The number of likely N-dealkylation sites (tertiary alicyclic amines) is 1. The van der Waals surface area contributed by atoms with Crippen LogP contribution in [-0.2, 0) is 4.79 Å². The van der Waals surface area contributed by atoms with Gasteiger partial charge in [0.15, 0.2) is 11.5 Å². The summed E-state index contributed by atoms with van der Waals surface area (Å²) in [4.78, 5) is 27.3. The van der Waals surface area contributed by atoms with E-state index in [1.807, 2.05) is 4.90 Å². The maximum atomic E-state index is 13.3. The molecule has 2 amide bonds. The van der Waals surface area contributed by atoms with Crippen molar-refractivity contribution in [2.24, 2.45) is 5.73 Å². The van der Waals surface area contributed by atoms with Gasteiger partial charge in [0.2, 0.25) is 5.91 Å². The molecule has 144 valence electrons. The fraction of sp³-hybridized carbons (Fsp3) is 0.579. The van der Waals surface area contributed by atoms with Crippen LogP contribution >= 0.6 is 0 Å². The van der Waals surface area contributed by atoms with Crippen molar-refractivity contribution >= 4 is 17.5 Å². The number of rotatable bonds is 6. The van der Waals surface area contributed by atoms with Gasteiger partial charge in [-0.2, -0.15) is 0 Å². The van der Waals surface area contributed by atoms with Crippen LogP contribution in [0.2, 0.25) is 0 Å². The molecule has 1 aliphatic rings. The molecular formula is C19H29N3O4. The third-order valence-corrected chi connectivity index (χ3v) is 4.83. The minimum Gasteiger partial charge on any atom is -0.493 e. The largest absolute Gasteiger partial charge is 0.493 e. The fourth-order valence-electron chi connectivity index (χ4n) is 3.46. The van der Waals surface area contributed by atoms with Crippen LogP contribution in [0.5, 0.6) is 11.5 Å². The van der Waals surface area contributed by atoms with Crippen molar-refractivity contribution in [2.75, 3.05) is 26.1 Å². The molecule has 1 aliphatic heterocycles. The highest BCUT2D eigenvalue weighted by atomic mass is 16.5. The normalized spacial score (nSPS) is 19.8. The lowest BCUT2D eigenvalue weighted by Gasteiger charge is -2.39. The summed E-state index contributed by atoms with van der Waals surface area (Å²) < 4.78 is 10.7. The summed E-state index contributed by atoms with van der Waals surface area (Å²) >= 11 is 0. The predicted molar refractivity (Wildman–Crippen MR) is 101 cm³/mol. The summed E-state index contributed by atoms with van der Waals surface area (Å²) in [7, 11) is 3.03. The van der Waals surface area contributed by atoms with E-state index in [0.29, 0.717) is 22.7 Å². The van der Waals surface area contributed by atoms with Gasteiger partial charge in [-0.05, 0) is 39.2 Å². The number of carbonyl (C=O) groups is 2. The van der Waals surface area contributed by atoms with E-state index in [1.165, 1.54) is 14.2 Å². The molecule has 3 N–H and O–H groups in total. The van der Waals surface area contributed by atoms with Gasteiger partial charge in [0.05, 0.1) is 25.5 Å². The van der Waals surface area contributed by atoms with E-state index in [4.69, 9.17) is 15.2 Å². The van der Waals surface area contributed by atoms with Crippen molar-refractivity contribution in [1.29, 1.82) is 0 Å². The molecule has 0 radical (unpaired) electrons. The molecule has 0 aliphatic carbocycles. The second-order valence-corrected chi connectivity index (χ2v) is 6.68. The molecule has 0 bridgehead atoms. The minimum absolute atomic E-state index is 0.117. The van der Waals surface area contributed by atoms with Gasteiger partial charge in [-0.15, -0.1) is 0 Å². The van der Waals surface area contributed by atoms with E-state index >= 15 is 0 Å². The Kier molecular flexibility index (Phi) is 6.85. The molecule has 1 heterocycles. The SMILES string of the molecule is COc1cc(NC(=O)CCN)c(C(=O)N2C(C)CCCC2C)cc1OC. The average molecular weight is 363 g/mol. The van der Waals surface area contributed by atoms with Gasteiger partial charge in [0.25, 0.3) is 5.91 Å². The van der Waals surface area contributed by atoms with Gasteiger partial charge in [-0.1, -0.05) is 0 Å². The smallest absolute Gasteiger partial charge is 0.256 e. The van der Waals surface area contributed by atoms with Crippen LogP contribution in [0.25, 0.3) is 0 Å². The lowest BCUT2D eigenvalue weighted by molar-refractivity contribution is -0.116. The first kappa shape index (κ1) is 20.0. The molecule has 7 nitrogen and oxygen atoms in total. The Labute approximate surface area is 154 Å². The second kappa shape index (κ2) is 8.89. The van der Waals surface area contributed by atoms with Crippen molar-refractivity contribution in [3.05, 3.63) is 17.7 Å². The number of nitrogens with zero attached hydrogens (tertiary/aromatic N) is 1. The van der Waals surface area contributed by atoms with Crippen molar-refractivity contribution < 1.29 is 19.1 Å². The Morgan fingerprint density at radius 3 is 2.27 bits per heavy atom. The van der Waals surface area contributed by atoms with Gasteiger partial charge >= 0.3 is 0 Å². The number of carbonyl (C=O) groups excluding carboxylic acids is 2. The highest BCUT2D eigenvalue weighted by Gasteiger charge is 2.31. The monoisotopic (exact) mass is 363 g/mol. The van der Waals surface area contributed by atoms with Crippen molar-refractivity contribution in [2.45, 2.75) is 51.6 Å². The molecule has 1 saturated heterocycles. The second-order valence-electron chi connectivity index (χ2n) is 6.68. The Morgan fingerprint density at radius 2 is 1.73 bits per heavy atom. The molecule has 2 rings (SSSR count). The van der Waals surface area contributed by atoms with Crippen LogP contribution in [-0.4, -0.2) is 49.6 Å². The Bertz CT molecular complexity index is 652. The molecule has 1 fully saturated rings. The lowest BCUT2D eigenvalue weighted by Crippen LogP contribution is -2.47. The van der Waals surface area contributed by atoms with Gasteiger partial charge in [-0.3, -0.25) is 9.59 Å². The van der Waals surface area contributed by atoms with Crippen LogP contribution in [0.15, 0.2) is 12.1 Å². The highest BCUT2D eigenvalue weighted by Crippen LogP contribution is 2.35. The van der Waals surface area contributed by atoms with Gasteiger partial charge < -0.3 is 25.4 Å². The van der Waals surface area contributed by atoms with Gasteiger partial charge in [-0.25, -0.2) is 0 Å². The number of anilines is 1. The maximum Gasteiger partial charge on any atom is 0.256 e. The molecule has 0 saturated carbocycles. The van der Waals surface area contributed by atoms with E-state index in [9.17, 15) is 9.59 Å². The third-order valence-electron chi connectivity index (χ3n) is 4.83. The van der Waals surface area contributed by atoms with E-state index < -0.39 is 0 Å². The van der Waals surface area contributed by atoms with E-state index in [0.717, 1.165) is 19.3 Å². The molecule has 7 heteroatoms. The van der Waals surface area contributed by atoms with E-state index in [-0.39, 0.29) is 36.9 Å². The van der Waals surface area contributed by atoms with Gasteiger partial charge in [0.1, 0.15) is 0 Å². The highest BCUT2D eigenvalue weighted by molar-refractivity contribution is 6.05. The summed E-state index contributed by atoms with van der Waals surface area (Å²) in [5, 5.41) is 2.79. The summed E-state index contributed by atoms with van der Waals surface area (Å²) in [6.07, 6.45) is 3.23. The Balaban J connectivity index is 2.46. The van der Waals surface area contributed by atoms with Crippen LogP contribution in [0.1, 0.15) is 49.9 Å². The summed E-state index contributed by atoms with van der Waals surface area (Å²) in [6.45, 7) is 4.35. The fourth-order valence-corrected chi connectivity index (χ4v) is 3.46. The first-order valence-electron chi connectivity index (χ1n) is 9.01. The molecular weight excluding hydrogens is 334 g/mol. The third kappa shape index (κ3) is 4.27. The number of ether oxygens (including phenoxy) is 2. The molecule has 2 unspecified atom stereocenters. The number of piperidine rings is 1. The molecule has 1 aromatic carbocycles. The zero-order chi connectivity index (χ0) is 19.3. The van der Waals surface area contributed by atoms with Crippen molar-refractivity contribution in [1.82, 2.24) is 4.90 Å². The minimum atomic E-state index is -0.242. The molecule has 0 aromatic heterocycles. The quantitative estimate of drug-likeness (QED) is 0.809.